The molecular weight excluding hydrogens is 470 g/mol. The zero-order valence-electron chi connectivity index (χ0n) is 20.0. The van der Waals surface area contributed by atoms with Crippen molar-refractivity contribution in [2.45, 2.75) is 31.4 Å². The van der Waals surface area contributed by atoms with Crippen LogP contribution in [0.1, 0.15) is 46.9 Å². The molecule has 190 valence electrons. The van der Waals surface area contributed by atoms with Gasteiger partial charge in [-0.2, -0.15) is 0 Å². The summed E-state index contributed by atoms with van der Waals surface area (Å²) < 4.78 is 11.5. The highest BCUT2D eigenvalue weighted by Gasteiger charge is 2.20. The molecule has 2 aromatic carbocycles. The number of carbonyl (C=O) groups excluding carboxylic acids is 1. The summed E-state index contributed by atoms with van der Waals surface area (Å²) in [5.74, 6) is 0.448. The molecule has 1 aliphatic rings. The molecule has 1 unspecified atom stereocenters. The van der Waals surface area contributed by atoms with Crippen molar-refractivity contribution in [3.63, 3.8) is 0 Å². The Bertz CT molecular complexity index is 968. The minimum atomic E-state index is -1.11. The molecule has 0 bridgehead atoms. The monoisotopic (exact) mass is 503 g/mol. The topological polar surface area (TPSA) is 109 Å². The number of ether oxygens (including phenoxy) is 2. The summed E-state index contributed by atoms with van der Waals surface area (Å²) in [6, 6.07) is 14.8. The number of carboxylic acid groups (broad SMARTS) is 1. The fourth-order valence-electron chi connectivity index (χ4n) is 4.24. The van der Waals surface area contributed by atoms with Crippen molar-refractivity contribution >= 4 is 23.6 Å². The fraction of sp³-hybridized carbons (Fsp3) is 0.462. The van der Waals surface area contributed by atoms with Crippen molar-refractivity contribution < 1.29 is 24.2 Å². The fourth-order valence-corrected chi connectivity index (χ4v) is 4.44. The van der Waals surface area contributed by atoms with Crippen LogP contribution in [-0.2, 0) is 9.47 Å². The van der Waals surface area contributed by atoms with Crippen LogP contribution in [0.25, 0.3) is 0 Å². The average Bonchev–Trinajstić information content (AvgIpc) is 2.87. The molecule has 2 aromatic rings. The van der Waals surface area contributed by atoms with Gasteiger partial charge in [-0.15, -0.1) is 0 Å². The number of halogens is 1. The molecule has 0 aliphatic carbocycles. The molecule has 0 aromatic heterocycles. The molecule has 8 nitrogen and oxygen atoms in total. The van der Waals surface area contributed by atoms with Crippen molar-refractivity contribution in [2.75, 3.05) is 40.0 Å². The Kier molecular flexibility index (Phi) is 10.8. The molecule has 4 N–H and O–H groups in total. The molecule has 2 amide bonds. The molecule has 1 heterocycles. The Morgan fingerprint density at radius 2 is 1.83 bits per heavy atom. The van der Waals surface area contributed by atoms with Gasteiger partial charge >= 0.3 is 6.09 Å². The average molecular weight is 504 g/mol. The largest absolute Gasteiger partial charge is 0.465 e. The molecular formula is C26H34ClN3O5. The van der Waals surface area contributed by atoms with E-state index in [1.807, 2.05) is 31.3 Å². The van der Waals surface area contributed by atoms with E-state index in [2.05, 4.69) is 16.0 Å². The number of hydrogen-bond acceptors (Lipinski definition) is 5. The van der Waals surface area contributed by atoms with Gasteiger partial charge in [-0.1, -0.05) is 35.9 Å². The lowest BCUT2D eigenvalue weighted by molar-refractivity contribution is 0.0605. The standard InChI is InChI=1S/C26H34ClN3O5/c1-28-23(14-18-8-11-34-12-9-18)17-30-25(31)21-6-2-4-19(15-21)24(35-13-10-29-26(32)33)20-5-3-7-22(27)16-20/h2-7,15-16,18,23-24,28-29H,8-14,17H2,1H3,(H,30,31)(H,32,33)/t23-,24?/m0/s1. The maximum Gasteiger partial charge on any atom is 0.404 e. The smallest absolute Gasteiger partial charge is 0.404 e. The molecule has 1 aliphatic heterocycles. The third-order valence-electron chi connectivity index (χ3n) is 6.14. The summed E-state index contributed by atoms with van der Waals surface area (Å²) in [4.78, 5) is 23.7. The highest BCUT2D eigenvalue weighted by Crippen LogP contribution is 2.28. The quantitative estimate of drug-likeness (QED) is 0.328. The van der Waals surface area contributed by atoms with Crippen LogP contribution in [0.4, 0.5) is 4.79 Å². The van der Waals surface area contributed by atoms with Crippen LogP contribution in [-0.4, -0.2) is 63.1 Å². The van der Waals surface area contributed by atoms with Crippen LogP contribution < -0.4 is 16.0 Å². The molecule has 2 atom stereocenters. The van der Waals surface area contributed by atoms with Crippen LogP contribution in [0, 0.1) is 5.92 Å². The van der Waals surface area contributed by atoms with E-state index in [-0.39, 0.29) is 25.1 Å². The summed E-state index contributed by atoms with van der Waals surface area (Å²) in [7, 11) is 1.92. The zero-order valence-corrected chi connectivity index (χ0v) is 20.7. The van der Waals surface area contributed by atoms with Gasteiger partial charge in [-0.3, -0.25) is 4.79 Å². The van der Waals surface area contributed by atoms with Crippen LogP contribution in [0.3, 0.4) is 0 Å². The molecule has 0 spiro atoms. The second-order valence-electron chi connectivity index (χ2n) is 8.65. The lowest BCUT2D eigenvalue weighted by Gasteiger charge is -2.26. The van der Waals surface area contributed by atoms with Crippen molar-refractivity contribution in [3.8, 4) is 0 Å². The third kappa shape index (κ3) is 8.81. The van der Waals surface area contributed by atoms with E-state index < -0.39 is 12.2 Å². The van der Waals surface area contributed by atoms with E-state index in [1.165, 1.54) is 0 Å². The molecule has 0 radical (unpaired) electrons. The Morgan fingerprint density at radius 3 is 2.51 bits per heavy atom. The molecule has 1 saturated heterocycles. The first kappa shape index (κ1) is 26.9. The Balaban J connectivity index is 1.67. The maximum atomic E-state index is 13.0. The SMILES string of the molecule is CN[C@H](CNC(=O)c1cccc(C(OCCNC(=O)O)c2cccc(Cl)c2)c1)CC1CCOCC1. The first-order valence-electron chi connectivity index (χ1n) is 11.9. The van der Waals surface area contributed by atoms with E-state index in [9.17, 15) is 9.59 Å². The molecule has 35 heavy (non-hydrogen) atoms. The Labute approximate surface area is 211 Å². The summed E-state index contributed by atoms with van der Waals surface area (Å²) in [6.07, 6.45) is 1.50. The van der Waals surface area contributed by atoms with Crippen LogP contribution in [0.2, 0.25) is 5.02 Å². The minimum absolute atomic E-state index is 0.144. The van der Waals surface area contributed by atoms with Crippen LogP contribution in [0.15, 0.2) is 48.5 Å². The van der Waals surface area contributed by atoms with Gasteiger partial charge in [-0.05, 0) is 67.6 Å². The summed E-state index contributed by atoms with van der Waals surface area (Å²) in [5.41, 5.74) is 2.13. The number of nitrogens with one attached hydrogen (secondary N) is 3. The number of rotatable bonds is 12. The summed E-state index contributed by atoms with van der Waals surface area (Å²) in [5, 5.41) is 18.0. The van der Waals surface area contributed by atoms with Gasteiger partial charge < -0.3 is 30.5 Å². The normalized spacial score (nSPS) is 15.8. The van der Waals surface area contributed by atoms with Gasteiger partial charge in [0.2, 0.25) is 0 Å². The maximum absolute atomic E-state index is 13.0. The van der Waals surface area contributed by atoms with Crippen LogP contribution in [0.5, 0.6) is 0 Å². The third-order valence-corrected chi connectivity index (χ3v) is 6.38. The van der Waals surface area contributed by atoms with Gasteiger partial charge in [0.1, 0.15) is 6.10 Å². The number of amides is 2. The first-order valence-corrected chi connectivity index (χ1v) is 12.3. The Hall–Kier alpha value is -2.65. The van der Waals surface area contributed by atoms with Gasteiger partial charge in [-0.25, -0.2) is 4.79 Å². The highest BCUT2D eigenvalue weighted by molar-refractivity contribution is 6.30. The van der Waals surface area contributed by atoms with Crippen molar-refractivity contribution in [1.82, 2.24) is 16.0 Å². The van der Waals surface area contributed by atoms with Crippen LogP contribution >= 0.6 is 11.6 Å². The Morgan fingerprint density at radius 1 is 1.11 bits per heavy atom. The second kappa shape index (κ2) is 14.0. The van der Waals surface area contributed by atoms with Crippen molar-refractivity contribution in [1.29, 1.82) is 0 Å². The summed E-state index contributed by atoms with van der Waals surface area (Å²) >= 11 is 6.19. The predicted molar refractivity (Wildman–Crippen MR) is 135 cm³/mol. The first-order chi connectivity index (χ1) is 17.0. The molecule has 1 fully saturated rings. The minimum Gasteiger partial charge on any atom is -0.465 e. The second-order valence-corrected chi connectivity index (χ2v) is 9.09. The number of likely N-dealkylation sites (N-methyl/N-ethyl adjacent to an activating group) is 1. The lowest BCUT2D eigenvalue weighted by atomic mass is 9.92. The number of carbonyl (C=O) groups is 2. The van der Waals surface area contributed by atoms with E-state index in [4.69, 9.17) is 26.2 Å². The van der Waals surface area contributed by atoms with Gasteiger partial charge in [0.25, 0.3) is 5.91 Å². The van der Waals surface area contributed by atoms with E-state index >= 15 is 0 Å². The van der Waals surface area contributed by atoms with Crippen molar-refractivity contribution in [2.24, 2.45) is 5.92 Å². The summed E-state index contributed by atoms with van der Waals surface area (Å²) in [6.45, 7) is 2.46. The van der Waals surface area contributed by atoms with Gasteiger partial charge in [0.15, 0.2) is 0 Å². The molecule has 0 saturated carbocycles. The predicted octanol–water partition coefficient (Wildman–Crippen LogP) is 3.85. The highest BCUT2D eigenvalue weighted by atomic mass is 35.5. The zero-order chi connectivity index (χ0) is 25.0. The van der Waals surface area contributed by atoms with Gasteiger partial charge in [0.05, 0.1) is 6.61 Å². The van der Waals surface area contributed by atoms with Gasteiger partial charge in [0, 0.05) is 42.9 Å². The number of benzene rings is 2. The van der Waals surface area contributed by atoms with E-state index in [0.717, 1.165) is 43.6 Å². The van der Waals surface area contributed by atoms with E-state index in [1.54, 1.807) is 24.3 Å². The number of hydrogen-bond donors (Lipinski definition) is 4. The molecule has 3 rings (SSSR count). The van der Waals surface area contributed by atoms with Crippen molar-refractivity contribution in [3.05, 3.63) is 70.2 Å². The molecule has 9 heteroatoms. The van der Waals surface area contributed by atoms with E-state index in [0.29, 0.717) is 23.0 Å². The lowest BCUT2D eigenvalue weighted by Crippen LogP contribution is -2.41.